The SMILES string of the molecule is CC(C)(C)[Si](OC[C@@H](O[Si](C)(C)C)[C@H](C[C@H]1O[C@@H]1CSc1ccccc1)O[Si](C)(C)C)(c1ccccc1)c1ccccc1. The van der Waals surface area contributed by atoms with Crippen molar-refractivity contribution < 1.29 is 18.0 Å². The van der Waals surface area contributed by atoms with Crippen LogP contribution in [0.1, 0.15) is 27.2 Å². The molecule has 0 aromatic heterocycles. The molecule has 0 saturated carbocycles. The Kier molecular flexibility index (Phi) is 11.4. The predicted octanol–water partition coefficient (Wildman–Crippen LogP) is 7.95. The van der Waals surface area contributed by atoms with Gasteiger partial charge in [0.05, 0.1) is 31.0 Å². The standard InChI is InChI=1S/C35H52O4SSi3/c1-35(2,3)43(29-21-15-11-16-22-29,30-23-17-12-18-24-30)36-26-33(39-42(7,8)9)32(38-41(4,5)6)25-31-34(37-31)27-40-28-19-13-10-14-20-28/h10-24,31-34H,25-27H2,1-9H3/t31-,32+,33-,34-/m1/s1. The third-order valence-corrected chi connectivity index (χ3v) is 15.7. The van der Waals surface area contributed by atoms with Gasteiger partial charge >= 0.3 is 0 Å². The molecule has 1 fully saturated rings. The van der Waals surface area contributed by atoms with Crippen molar-refractivity contribution in [2.75, 3.05) is 12.4 Å². The molecule has 4 rings (SSSR count). The highest BCUT2D eigenvalue weighted by atomic mass is 32.2. The van der Waals surface area contributed by atoms with E-state index in [1.165, 1.54) is 15.3 Å². The number of thioether (sulfide) groups is 1. The van der Waals surface area contributed by atoms with Crippen LogP contribution < -0.4 is 10.4 Å². The summed E-state index contributed by atoms with van der Waals surface area (Å²) in [6.07, 6.45) is 0.977. The van der Waals surface area contributed by atoms with Gasteiger partial charge in [0.1, 0.15) is 0 Å². The number of ether oxygens (including phenoxy) is 1. The minimum atomic E-state index is -2.72. The summed E-state index contributed by atoms with van der Waals surface area (Å²) < 4.78 is 27.6. The fourth-order valence-electron chi connectivity index (χ4n) is 5.83. The van der Waals surface area contributed by atoms with Gasteiger partial charge in [0.25, 0.3) is 8.32 Å². The van der Waals surface area contributed by atoms with Gasteiger partial charge in [-0.3, -0.25) is 0 Å². The van der Waals surface area contributed by atoms with Crippen LogP contribution in [-0.4, -0.2) is 61.7 Å². The molecule has 0 aliphatic carbocycles. The summed E-state index contributed by atoms with van der Waals surface area (Å²) >= 11 is 1.86. The largest absolute Gasteiger partial charge is 0.412 e. The fourth-order valence-corrected chi connectivity index (χ4v) is 13.7. The lowest BCUT2D eigenvalue weighted by atomic mass is 10.1. The summed E-state index contributed by atoms with van der Waals surface area (Å²) in [5.41, 5.74) is 0. The predicted molar refractivity (Wildman–Crippen MR) is 190 cm³/mol. The lowest BCUT2D eigenvalue weighted by Gasteiger charge is -2.45. The van der Waals surface area contributed by atoms with Gasteiger partial charge in [0.2, 0.25) is 0 Å². The quantitative estimate of drug-likeness (QED) is 0.0947. The van der Waals surface area contributed by atoms with E-state index in [2.05, 4.69) is 151 Å². The molecule has 0 amide bonds. The zero-order valence-corrected chi connectivity index (χ0v) is 31.4. The molecule has 4 nitrogen and oxygen atoms in total. The van der Waals surface area contributed by atoms with E-state index in [1.807, 2.05) is 11.8 Å². The highest BCUT2D eigenvalue weighted by molar-refractivity contribution is 7.99. The van der Waals surface area contributed by atoms with Crippen molar-refractivity contribution in [2.24, 2.45) is 0 Å². The third kappa shape index (κ3) is 9.74. The Bertz CT molecular complexity index is 1220. The van der Waals surface area contributed by atoms with E-state index in [-0.39, 0.29) is 29.5 Å². The van der Waals surface area contributed by atoms with Gasteiger partial charge in [0.15, 0.2) is 16.6 Å². The van der Waals surface area contributed by atoms with Crippen molar-refractivity contribution in [1.82, 2.24) is 0 Å². The minimum absolute atomic E-state index is 0.0895. The highest BCUT2D eigenvalue weighted by Crippen LogP contribution is 2.38. The molecule has 0 radical (unpaired) electrons. The second-order valence-corrected chi connectivity index (χ2v) is 28.9. The summed E-state index contributed by atoms with van der Waals surface area (Å²) in [6, 6.07) is 32.3. The van der Waals surface area contributed by atoms with Crippen LogP contribution in [0, 0.1) is 0 Å². The summed E-state index contributed by atoms with van der Waals surface area (Å²) in [7, 11) is -6.56. The Labute approximate surface area is 268 Å². The molecule has 4 atom stereocenters. The van der Waals surface area contributed by atoms with Crippen molar-refractivity contribution in [3.63, 3.8) is 0 Å². The van der Waals surface area contributed by atoms with Crippen LogP contribution in [0.5, 0.6) is 0 Å². The zero-order valence-electron chi connectivity index (χ0n) is 27.6. The molecule has 1 aliphatic heterocycles. The zero-order chi connectivity index (χ0) is 31.3. The van der Waals surface area contributed by atoms with E-state index in [0.29, 0.717) is 6.61 Å². The Morgan fingerprint density at radius 3 is 1.60 bits per heavy atom. The molecule has 0 spiro atoms. The van der Waals surface area contributed by atoms with E-state index in [9.17, 15) is 0 Å². The molecule has 1 saturated heterocycles. The Hall–Kier alpha value is -1.50. The molecule has 0 bridgehead atoms. The highest BCUT2D eigenvalue weighted by Gasteiger charge is 2.51. The summed E-state index contributed by atoms with van der Waals surface area (Å²) in [6.45, 7) is 21.1. The van der Waals surface area contributed by atoms with Crippen LogP contribution >= 0.6 is 11.8 Å². The second kappa shape index (κ2) is 14.3. The second-order valence-electron chi connectivity index (χ2n) is 14.6. The first-order valence-corrected chi connectivity index (χ1v) is 25.3. The van der Waals surface area contributed by atoms with Gasteiger partial charge in [-0.15, -0.1) is 11.8 Å². The first-order chi connectivity index (χ1) is 20.2. The minimum Gasteiger partial charge on any atom is -0.412 e. The smallest absolute Gasteiger partial charge is 0.261 e. The molecule has 234 valence electrons. The van der Waals surface area contributed by atoms with E-state index >= 15 is 0 Å². The fraction of sp³-hybridized carbons (Fsp3) is 0.486. The van der Waals surface area contributed by atoms with Crippen LogP contribution in [0.25, 0.3) is 0 Å². The van der Waals surface area contributed by atoms with Crippen molar-refractivity contribution in [2.45, 2.75) is 101 Å². The van der Waals surface area contributed by atoms with Gasteiger partial charge in [-0.2, -0.15) is 0 Å². The summed E-state index contributed by atoms with van der Waals surface area (Å²) in [5, 5.41) is 2.46. The Balaban J connectivity index is 1.62. The van der Waals surface area contributed by atoms with Gasteiger partial charge in [0, 0.05) is 17.1 Å². The summed E-state index contributed by atoms with van der Waals surface area (Å²) in [4.78, 5) is 1.28. The number of rotatable bonds is 15. The van der Waals surface area contributed by atoms with E-state index < -0.39 is 25.0 Å². The van der Waals surface area contributed by atoms with Crippen LogP contribution in [-0.2, 0) is 18.0 Å². The van der Waals surface area contributed by atoms with Gasteiger partial charge in [-0.05, 0) is 66.8 Å². The van der Waals surface area contributed by atoms with Crippen molar-refractivity contribution in [3.8, 4) is 0 Å². The maximum atomic E-state index is 7.43. The molecule has 1 aliphatic rings. The van der Waals surface area contributed by atoms with Crippen LogP contribution in [0.4, 0.5) is 0 Å². The molecule has 0 N–H and O–H groups in total. The maximum Gasteiger partial charge on any atom is 0.261 e. The Morgan fingerprint density at radius 2 is 1.14 bits per heavy atom. The molecule has 3 aromatic carbocycles. The normalized spacial score (nSPS) is 19.2. The molecular weight excluding hydrogens is 601 g/mol. The van der Waals surface area contributed by atoms with E-state index in [0.717, 1.165) is 12.2 Å². The lowest BCUT2D eigenvalue weighted by molar-refractivity contribution is 0.00399. The molecule has 8 heteroatoms. The van der Waals surface area contributed by atoms with Crippen molar-refractivity contribution in [1.29, 1.82) is 0 Å². The first-order valence-electron chi connectivity index (χ1n) is 15.6. The molecule has 1 heterocycles. The molecule has 0 unspecified atom stereocenters. The first kappa shape index (κ1) is 34.4. The average molecular weight is 653 g/mol. The number of benzene rings is 3. The maximum absolute atomic E-state index is 7.43. The van der Waals surface area contributed by atoms with Crippen LogP contribution in [0.3, 0.4) is 0 Å². The monoisotopic (exact) mass is 652 g/mol. The van der Waals surface area contributed by atoms with E-state index in [1.54, 1.807) is 0 Å². The third-order valence-electron chi connectivity index (χ3n) is 7.62. The Morgan fingerprint density at radius 1 is 0.674 bits per heavy atom. The molecule has 3 aromatic rings. The topological polar surface area (TPSA) is 40.2 Å². The summed E-state index contributed by atoms with van der Waals surface area (Å²) in [5.74, 6) is 0.951. The number of hydrogen-bond acceptors (Lipinski definition) is 5. The molecular formula is C35H52O4SSi3. The van der Waals surface area contributed by atoms with Gasteiger partial charge in [-0.1, -0.05) is 99.6 Å². The molecule has 43 heavy (non-hydrogen) atoms. The van der Waals surface area contributed by atoms with Crippen molar-refractivity contribution >= 4 is 47.1 Å². The number of hydrogen-bond donors (Lipinski definition) is 0. The van der Waals surface area contributed by atoms with Gasteiger partial charge in [-0.25, -0.2) is 0 Å². The van der Waals surface area contributed by atoms with Crippen LogP contribution in [0.2, 0.25) is 44.3 Å². The van der Waals surface area contributed by atoms with Gasteiger partial charge < -0.3 is 18.0 Å². The van der Waals surface area contributed by atoms with Crippen LogP contribution in [0.15, 0.2) is 95.9 Å². The van der Waals surface area contributed by atoms with Crippen molar-refractivity contribution in [3.05, 3.63) is 91.0 Å². The average Bonchev–Trinajstić information content (AvgIpc) is 3.68. The van der Waals surface area contributed by atoms with E-state index in [4.69, 9.17) is 18.0 Å². The number of epoxide rings is 1. The lowest BCUT2D eigenvalue weighted by Crippen LogP contribution is -2.67.